The average Bonchev–Trinajstić information content (AvgIpc) is 2.67. The second-order valence-corrected chi connectivity index (χ2v) is 7.94. The SMILES string of the molecule is Cc1cc(=O)c(C(=O)Nc2ccc(C(C)(C)C)cc2)nn1-c1ccccc1[N+](=O)[O-]. The van der Waals surface area contributed by atoms with Gasteiger partial charge < -0.3 is 5.32 Å². The van der Waals surface area contributed by atoms with Crippen molar-refractivity contribution in [3.8, 4) is 5.69 Å². The minimum absolute atomic E-state index is 0.0286. The Balaban J connectivity index is 1.97. The minimum atomic E-state index is -0.684. The van der Waals surface area contributed by atoms with Crippen LogP contribution in [-0.4, -0.2) is 20.6 Å². The van der Waals surface area contributed by atoms with E-state index in [0.29, 0.717) is 11.4 Å². The van der Waals surface area contributed by atoms with E-state index < -0.39 is 16.3 Å². The summed E-state index contributed by atoms with van der Waals surface area (Å²) in [6, 6.07) is 14.6. The lowest BCUT2D eigenvalue weighted by Gasteiger charge is -2.19. The number of hydrogen-bond donors (Lipinski definition) is 1. The van der Waals surface area contributed by atoms with Crippen LogP contribution in [0.25, 0.3) is 5.69 Å². The van der Waals surface area contributed by atoms with Crippen LogP contribution in [-0.2, 0) is 5.41 Å². The Labute approximate surface area is 173 Å². The molecule has 1 aromatic heterocycles. The van der Waals surface area contributed by atoms with Gasteiger partial charge in [-0.1, -0.05) is 45.0 Å². The Morgan fingerprint density at radius 2 is 1.73 bits per heavy atom. The number of nitro benzene ring substituents is 1. The molecular weight excluding hydrogens is 384 g/mol. The van der Waals surface area contributed by atoms with Gasteiger partial charge in [0.15, 0.2) is 5.69 Å². The molecule has 3 rings (SSSR count). The third kappa shape index (κ3) is 4.27. The van der Waals surface area contributed by atoms with Crippen molar-refractivity contribution in [2.75, 3.05) is 5.32 Å². The van der Waals surface area contributed by atoms with E-state index in [1.54, 1.807) is 25.1 Å². The van der Waals surface area contributed by atoms with E-state index in [2.05, 4.69) is 31.2 Å². The van der Waals surface area contributed by atoms with Gasteiger partial charge in [0, 0.05) is 23.5 Å². The maximum Gasteiger partial charge on any atom is 0.294 e. The first-order valence-corrected chi connectivity index (χ1v) is 9.34. The number of aryl methyl sites for hydroxylation is 1. The van der Waals surface area contributed by atoms with Gasteiger partial charge in [0.2, 0.25) is 5.43 Å². The van der Waals surface area contributed by atoms with Gasteiger partial charge >= 0.3 is 0 Å². The Bertz CT molecular complexity index is 1170. The molecule has 0 atom stereocenters. The zero-order chi connectivity index (χ0) is 22.1. The van der Waals surface area contributed by atoms with Crippen molar-refractivity contribution in [1.82, 2.24) is 9.78 Å². The summed E-state index contributed by atoms with van der Waals surface area (Å²) in [7, 11) is 0. The molecule has 0 radical (unpaired) electrons. The Hall–Kier alpha value is -3.81. The molecule has 0 spiro atoms. The smallest absolute Gasteiger partial charge is 0.294 e. The molecule has 1 heterocycles. The maximum absolute atomic E-state index is 12.7. The van der Waals surface area contributed by atoms with E-state index in [4.69, 9.17) is 0 Å². The van der Waals surface area contributed by atoms with Crippen molar-refractivity contribution in [3.63, 3.8) is 0 Å². The highest BCUT2D eigenvalue weighted by Crippen LogP contribution is 2.24. The third-order valence-corrected chi connectivity index (χ3v) is 4.64. The summed E-state index contributed by atoms with van der Waals surface area (Å²) in [5.41, 5.74) is 1.05. The zero-order valence-corrected chi connectivity index (χ0v) is 17.2. The van der Waals surface area contributed by atoms with Crippen molar-refractivity contribution in [1.29, 1.82) is 0 Å². The lowest BCUT2D eigenvalue weighted by atomic mass is 9.87. The summed E-state index contributed by atoms with van der Waals surface area (Å²) in [4.78, 5) is 35.9. The third-order valence-electron chi connectivity index (χ3n) is 4.64. The molecule has 1 N–H and O–H groups in total. The zero-order valence-electron chi connectivity index (χ0n) is 17.2. The van der Waals surface area contributed by atoms with Crippen LogP contribution < -0.4 is 10.7 Å². The van der Waals surface area contributed by atoms with E-state index in [1.165, 1.54) is 28.9 Å². The van der Waals surface area contributed by atoms with Crippen molar-refractivity contribution in [3.05, 3.63) is 91.9 Å². The Morgan fingerprint density at radius 3 is 2.33 bits per heavy atom. The molecule has 8 nitrogen and oxygen atoms in total. The van der Waals surface area contributed by atoms with Crippen LogP contribution in [0, 0.1) is 17.0 Å². The van der Waals surface area contributed by atoms with Gasteiger partial charge in [-0.25, -0.2) is 4.68 Å². The number of rotatable bonds is 4. The monoisotopic (exact) mass is 406 g/mol. The Kier molecular flexibility index (Phi) is 5.51. The fourth-order valence-corrected chi connectivity index (χ4v) is 2.99. The van der Waals surface area contributed by atoms with Crippen molar-refractivity contribution in [2.24, 2.45) is 0 Å². The number of hydrogen-bond acceptors (Lipinski definition) is 5. The lowest BCUT2D eigenvalue weighted by molar-refractivity contribution is -0.384. The van der Waals surface area contributed by atoms with Gasteiger partial charge in [-0.15, -0.1) is 0 Å². The van der Waals surface area contributed by atoms with Gasteiger partial charge in [0.05, 0.1) is 4.92 Å². The highest BCUT2D eigenvalue weighted by Gasteiger charge is 2.20. The van der Waals surface area contributed by atoms with E-state index in [-0.39, 0.29) is 22.5 Å². The molecule has 0 aliphatic carbocycles. The van der Waals surface area contributed by atoms with Crippen LogP contribution in [0.1, 0.15) is 42.5 Å². The van der Waals surface area contributed by atoms with E-state index in [9.17, 15) is 19.7 Å². The summed E-state index contributed by atoms with van der Waals surface area (Å²) in [6.45, 7) is 7.85. The highest BCUT2D eigenvalue weighted by molar-refractivity contribution is 6.02. The molecule has 0 bridgehead atoms. The van der Waals surface area contributed by atoms with Crippen LogP contribution in [0.3, 0.4) is 0 Å². The number of nitrogens with zero attached hydrogens (tertiary/aromatic N) is 3. The van der Waals surface area contributed by atoms with Gasteiger partial charge in [-0.3, -0.25) is 19.7 Å². The number of nitrogens with one attached hydrogen (secondary N) is 1. The van der Waals surface area contributed by atoms with Crippen molar-refractivity contribution in [2.45, 2.75) is 33.1 Å². The van der Waals surface area contributed by atoms with Crippen LogP contribution in [0.4, 0.5) is 11.4 Å². The van der Waals surface area contributed by atoms with E-state index in [1.807, 2.05) is 12.1 Å². The average molecular weight is 406 g/mol. The quantitative estimate of drug-likeness (QED) is 0.520. The molecule has 0 aliphatic rings. The number of anilines is 1. The normalized spacial score (nSPS) is 11.2. The molecule has 3 aromatic rings. The second-order valence-electron chi connectivity index (χ2n) is 7.94. The van der Waals surface area contributed by atoms with Crippen LogP contribution in [0.5, 0.6) is 0 Å². The van der Waals surface area contributed by atoms with Crippen molar-refractivity contribution >= 4 is 17.3 Å². The number of amides is 1. The summed E-state index contributed by atoms with van der Waals surface area (Å²) in [5.74, 6) is -0.684. The minimum Gasteiger partial charge on any atom is -0.320 e. The summed E-state index contributed by atoms with van der Waals surface area (Å²) < 4.78 is 1.23. The van der Waals surface area contributed by atoms with Gasteiger partial charge in [-0.05, 0) is 36.1 Å². The summed E-state index contributed by atoms with van der Waals surface area (Å²) in [5, 5.41) is 18.1. The van der Waals surface area contributed by atoms with Crippen LogP contribution >= 0.6 is 0 Å². The first-order valence-electron chi connectivity index (χ1n) is 9.34. The van der Waals surface area contributed by atoms with E-state index in [0.717, 1.165) is 5.56 Å². The van der Waals surface area contributed by atoms with Gasteiger partial charge in [0.25, 0.3) is 11.6 Å². The largest absolute Gasteiger partial charge is 0.320 e. The number of carbonyl (C=O) groups excluding carboxylic acids is 1. The first kappa shape index (κ1) is 20.9. The molecule has 2 aromatic carbocycles. The lowest BCUT2D eigenvalue weighted by Crippen LogP contribution is -2.27. The predicted octanol–water partition coefficient (Wildman–Crippen LogP) is 4.00. The molecule has 8 heteroatoms. The molecule has 0 saturated heterocycles. The van der Waals surface area contributed by atoms with Crippen LogP contribution in [0.15, 0.2) is 59.4 Å². The van der Waals surface area contributed by atoms with E-state index >= 15 is 0 Å². The van der Waals surface area contributed by atoms with Crippen LogP contribution in [0.2, 0.25) is 0 Å². The summed E-state index contributed by atoms with van der Waals surface area (Å²) in [6.07, 6.45) is 0. The standard InChI is InChI=1S/C22H22N4O4/c1-14-13-19(27)20(24-25(14)17-7-5-6-8-18(17)26(29)30)21(28)23-16-11-9-15(10-12-16)22(2,3)4/h5-13H,1-4H3,(H,23,28). The molecule has 0 aliphatic heterocycles. The van der Waals surface area contributed by atoms with Gasteiger partial charge in [-0.2, -0.15) is 5.10 Å². The summed E-state index contributed by atoms with van der Waals surface area (Å²) >= 11 is 0. The fourth-order valence-electron chi connectivity index (χ4n) is 2.99. The van der Waals surface area contributed by atoms with Crippen molar-refractivity contribution < 1.29 is 9.72 Å². The Morgan fingerprint density at radius 1 is 1.10 bits per heavy atom. The van der Waals surface area contributed by atoms with Gasteiger partial charge in [0.1, 0.15) is 5.69 Å². The topological polar surface area (TPSA) is 107 Å². The highest BCUT2D eigenvalue weighted by atomic mass is 16.6. The molecule has 0 unspecified atom stereocenters. The molecule has 30 heavy (non-hydrogen) atoms. The number of benzene rings is 2. The molecular formula is C22H22N4O4. The fraction of sp³-hybridized carbons (Fsp3) is 0.227. The number of carbonyl (C=O) groups is 1. The predicted molar refractivity (Wildman–Crippen MR) is 114 cm³/mol. The maximum atomic E-state index is 12.7. The molecule has 0 saturated carbocycles. The number of aromatic nitrogens is 2. The number of para-hydroxylation sites is 2. The molecule has 154 valence electrons. The molecule has 0 fully saturated rings. The molecule has 1 amide bonds. The second kappa shape index (κ2) is 7.90. The number of nitro groups is 1. The first-order chi connectivity index (χ1) is 14.1.